The van der Waals surface area contributed by atoms with E-state index in [2.05, 4.69) is 19.1 Å². The minimum Gasteiger partial charge on any atom is -0.206 e. The van der Waals surface area contributed by atoms with E-state index in [0.717, 1.165) is 18.3 Å². The molecule has 33 heavy (non-hydrogen) atoms. The highest BCUT2D eigenvalue weighted by Crippen LogP contribution is 2.34. The fraction of sp³-hybridized carbons (Fsp3) is 0.333. The van der Waals surface area contributed by atoms with E-state index in [1.807, 2.05) is 24.3 Å². The smallest absolute Gasteiger partial charge is 0.170 e. The highest BCUT2D eigenvalue weighted by molar-refractivity contribution is 5.90. The second kappa shape index (κ2) is 10.4. The van der Waals surface area contributed by atoms with Crippen molar-refractivity contribution >= 4 is 16.8 Å². The van der Waals surface area contributed by atoms with Crippen molar-refractivity contribution in [1.29, 1.82) is 0 Å². The lowest BCUT2D eigenvalue weighted by Crippen LogP contribution is -2.13. The molecule has 3 aromatic rings. The molecule has 0 N–H and O–H groups in total. The average Bonchev–Trinajstić information content (AvgIpc) is 2.83. The summed E-state index contributed by atoms with van der Waals surface area (Å²) >= 11 is 0. The molecule has 3 aromatic carbocycles. The molecule has 4 rings (SSSR count). The van der Waals surface area contributed by atoms with Gasteiger partial charge in [0.2, 0.25) is 0 Å². The number of fused-ring (bicyclic) bond motifs is 1. The van der Waals surface area contributed by atoms with E-state index < -0.39 is 17.5 Å². The number of aryl methyl sites for hydroxylation is 1. The molecule has 0 aliphatic heterocycles. The van der Waals surface area contributed by atoms with Crippen LogP contribution in [0.15, 0.2) is 60.7 Å². The molecule has 0 amide bonds. The Morgan fingerprint density at radius 3 is 2.21 bits per heavy atom. The first-order chi connectivity index (χ1) is 16.0. The lowest BCUT2D eigenvalue weighted by molar-refractivity contribution is 0.296. The summed E-state index contributed by atoms with van der Waals surface area (Å²) in [5, 5.41) is 0.0554. The Hall–Kier alpha value is -2.81. The summed E-state index contributed by atoms with van der Waals surface area (Å²) in [7, 11) is 0. The van der Waals surface area contributed by atoms with Crippen LogP contribution < -0.4 is 0 Å². The fourth-order valence-corrected chi connectivity index (χ4v) is 5.09. The molecule has 1 saturated carbocycles. The van der Waals surface area contributed by atoms with E-state index in [9.17, 15) is 8.78 Å². The highest BCUT2D eigenvalue weighted by Gasteiger charge is 2.20. The summed E-state index contributed by atoms with van der Waals surface area (Å²) in [5.74, 6) is -1.36. The van der Waals surface area contributed by atoms with Crippen LogP contribution in [0.5, 0.6) is 0 Å². The van der Waals surface area contributed by atoms with Crippen LogP contribution in [-0.2, 0) is 6.42 Å². The summed E-state index contributed by atoms with van der Waals surface area (Å²) < 4.78 is 44.3. The molecular weight excluding hydrogens is 417 g/mol. The van der Waals surface area contributed by atoms with Gasteiger partial charge in [-0.05, 0) is 86.8 Å². The summed E-state index contributed by atoms with van der Waals surface area (Å²) in [4.78, 5) is 0. The van der Waals surface area contributed by atoms with Gasteiger partial charge in [-0.3, -0.25) is 0 Å². The summed E-state index contributed by atoms with van der Waals surface area (Å²) in [5.41, 5.74) is 2.30. The lowest BCUT2D eigenvalue weighted by Gasteiger charge is -2.26. The van der Waals surface area contributed by atoms with Gasteiger partial charge < -0.3 is 0 Å². The van der Waals surface area contributed by atoms with E-state index in [4.69, 9.17) is 0 Å². The van der Waals surface area contributed by atoms with Crippen LogP contribution in [-0.4, -0.2) is 0 Å². The maximum atomic E-state index is 15.3. The SMILES string of the molecule is C/C=C/c1cc2ccc(-c3ccc(CCC4CCC(/C=C/C)CC4)cc3)c(F)c2c(F)c1F. The predicted octanol–water partition coefficient (Wildman–Crippen LogP) is 9.27. The first-order valence-corrected chi connectivity index (χ1v) is 12.0. The first-order valence-electron chi connectivity index (χ1n) is 12.0. The Balaban J connectivity index is 1.49. The van der Waals surface area contributed by atoms with Crippen molar-refractivity contribution < 1.29 is 13.2 Å². The Kier molecular flexibility index (Phi) is 7.37. The zero-order chi connectivity index (χ0) is 23.4. The molecule has 0 heterocycles. The maximum absolute atomic E-state index is 15.3. The van der Waals surface area contributed by atoms with E-state index in [0.29, 0.717) is 10.9 Å². The van der Waals surface area contributed by atoms with Crippen LogP contribution in [0.3, 0.4) is 0 Å². The zero-order valence-electron chi connectivity index (χ0n) is 19.4. The molecule has 0 spiro atoms. The van der Waals surface area contributed by atoms with Crippen molar-refractivity contribution in [2.24, 2.45) is 11.8 Å². The third-order valence-corrected chi connectivity index (χ3v) is 6.96. The number of hydrogen-bond donors (Lipinski definition) is 0. The van der Waals surface area contributed by atoms with Gasteiger partial charge in [-0.1, -0.05) is 60.7 Å². The van der Waals surface area contributed by atoms with Gasteiger partial charge in [-0.2, -0.15) is 0 Å². The third-order valence-electron chi connectivity index (χ3n) is 6.96. The van der Waals surface area contributed by atoms with Gasteiger partial charge in [0.1, 0.15) is 5.82 Å². The van der Waals surface area contributed by atoms with Gasteiger partial charge in [0, 0.05) is 11.1 Å². The quantitative estimate of drug-likeness (QED) is 0.330. The maximum Gasteiger partial charge on any atom is 0.170 e. The molecule has 0 nitrogen and oxygen atoms in total. The van der Waals surface area contributed by atoms with Crippen LogP contribution in [0.4, 0.5) is 13.2 Å². The van der Waals surface area contributed by atoms with Crippen LogP contribution in [0.1, 0.15) is 57.1 Å². The molecule has 0 saturated heterocycles. The topological polar surface area (TPSA) is 0 Å². The number of halogens is 3. The van der Waals surface area contributed by atoms with Crippen molar-refractivity contribution in [3.05, 3.63) is 89.3 Å². The molecule has 0 atom stereocenters. The molecule has 1 fully saturated rings. The van der Waals surface area contributed by atoms with Crippen molar-refractivity contribution in [3.63, 3.8) is 0 Å². The van der Waals surface area contributed by atoms with Crippen LogP contribution in [0.25, 0.3) is 28.0 Å². The predicted molar refractivity (Wildman–Crippen MR) is 133 cm³/mol. The van der Waals surface area contributed by atoms with Crippen molar-refractivity contribution in [3.8, 4) is 11.1 Å². The Labute approximate surface area is 194 Å². The Bertz CT molecular complexity index is 1160. The van der Waals surface area contributed by atoms with Gasteiger partial charge in [0.25, 0.3) is 0 Å². The number of hydrogen-bond acceptors (Lipinski definition) is 0. The molecular formula is C30H31F3. The summed E-state index contributed by atoms with van der Waals surface area (Å²) in [6, 6.07) is 12.6. The van der Waals surface area contributed by atoms with E-state index >= 15 is 4.39 Å². The molecule has 0 aromatic heterocycles. The third kappa shape index (κ3) is 5.08. The molecule has 1 aliphatic rings. The van der Waals surface area contributed by atoms with Crippen molar-refractivity contribution in [2.45, 2.75) is 52.4 Å². The Morgan fingerprint density at radius 1 is 0.818 bits per heavy atom. The summed E-state index contributed by atoms with van der Waals surface area (Å²) in [6.45, 7) is 3.82. The van der Waals surface area contributed by atoms with E-state index in [1.54, 1.807) is 25.1 Å². The van der Waals surface area contributed by atoms with Crippen molar-refractivity contribution in [1.82, 2.24) is 0 Å². The van der Waals surface area contributed by atoms with Crippen LogP contribution >= 0.6 is 0 Å². The highest BCUT2D eigenvalue weighted by atomic mass is 19.2. The minimum atomic E-state index is -1.14. The Morgan fingerprint density at radius 2 is 1.55 bits per heavy atom. The van der Waals surface area contributed by atoms with Gasteiger partial charge in [0.05, 0.1) is 5.39 Å². The van der Waals surface area contributed by atoms with Crippen molar-refractivity contribution in [2.75, 3.05) is 0 Å². The minimum absolute atomic E-state index is 0.120. The van der Waals surface area contributed by atoms with Crippen LogP contribution in [0, 0.1) is 29.3 Å². The van der Waals surface area contributed by atoms with Gasteiger partial charge in [0.15, 0.2) is 11.6 Å². The van der Waals surface area contributed by atoms with Gasteiger partial charge >= 0.3 is 0 Å². The fourth-order valence-electron chi connectivity index (χ4n) is 5.09. The second-order valence-corrected chi connectivity index (χ2v) is 9.16. The molecule has 1 aliphatic carbocycles. The average molecular weight is 449 g/mol. The van der Waals surface area contributed by atoms with E-state index in [1.165, 1.54) is 49.8 Å². The van der Waals surface area contributed by atoms with Crippen LogP contribution in [0.2, 0.25) is 0 Å². The van der Waals surface area contributed by atoms with Gasteiger partial charge in [-0.15, -0.1) is 0 Å². The largest absolute Gasteiger partial charge is 0.206 e. The van der Waals surface area contributed by atoms with E-state index in [-0.39, 0.29) is 16.5 Å². The second-order valence-electron chi connectivity index (χ2n) is 9.16. The molecule has 0 bridgehead atoms. The zero-order valence-corrected chi connectivity index (χ0v) is 19.4. The molecule has 172 valence electrons. The monoisotopic (exact) mass is 448 g/mol. The molecule has 3 heteroatoms. The summed E-state index contributed by atoms with van der Waals surface area (Å²) in [6.07, 6.45) is 14.9. The molecule has 0 radical (unpaired) electrons. The normalized spacial score (nSPS) is 19.2. The molecule has 0 unspecified atom stereocenters. The first kappa shape index (κ1) is 23.4. The lowest BCUT2D eigenvalue weighted by atomic mass is 9.79. The number of benzene rings is 3. The number of rotatable bonds is 6. The number of allylic oxidation sites excluding steroid dienone is 3. The standard InChI is InChI=1S/C30H31F3/c1-3-5-20-7-9-21(10-8-20)11-12-22-13-15-23(16-14-22)26-18-17-24-19-25(6-4-2)28(31)30(33)27(24)29(26)32/h3-6,13-21H,7-12H2,1-2H3/b5-3+,6-4+. The van der Waals surface area contributed by atoms with Gasteiger partial charge in [-0.25, -0.2) is 13.2 Å².